The fraction of sp³-hybridized carbons (Fsp3) is 0.214. The molecule has 2 rings (SSSR count). The lowest BCUT2D eigenvalue weighted by Crippen LogP contribution is -2.03. The molecule has 1 aromatic carbocycles. The number of carbonyl (C=O) groups excluding carboxylic acids is 1. The minimum Gasteiger partial charge on any atom is -0.466 e. The molecule has 0 spiro atoms. The van der Waals surface area contributed by atoms with E-state index in [9.17, 15) is 4.79 Å². The molecule has 0 aliphatic rings. The molecule has 17 heavy (non-hydrogen) atoms. The van der Waals surface area contributed by atoms with Crippen LogP contribution in [0.25, 0.3) is 0 Å². The highest BCUT2D eigenvalue weighted by molar-refractivity contribution is 9.10. The maximum absolute atomic E-state index is 12.1. The summed E-state index contributed by atoms with van der Waals surface area (Å²) in [5.41, 5.74) is 1.70. The van der Waals surface area contributed by atoms with Crippen molar-refractivity contribution in [1.82, 2.24) is 0 Å². The topological polar surface area (TPSA) is 30.2 Å². The van der Waals surface area contributed by atoms with Crippen molar-refractivity contribution in [2.75, 3.05) is 0 Å². The first-order chi connectivity index (χ1) is 8.06. The molecule has 0 bridgehead atoms. The Labute approximate surface area is 109 Å². The average Bonchev–Trinajstić information content (AvgIpc) is 2.61. The Kier molecular flexibility index (Phi) is 3.48. The van der Waals surface area contributed by atoms with Crippen LogP contribution >= 0.6 is 15.9 Å². The van der Waals surface area contributed by atoms with E-state index in [0.717, 1.165) is 15.8 Å². The summed E-state index contributed by atoms with van der Waals surface area (Å²) < 4.78 is 6.38. The Hall–Kier alpha value is -1.35. The molecule has 0 atom stereocenters. The summed E-state index contributed by atoms with van der Waals surface area (Å²) in [5, 5.41) is 0. The Morgan fingerprint density at radius 3 is 2.41 bits per heavy atom. The fourth-order valence-electron chi connectivity index (χ4n) is 1.79. The minimum absolute atomic E-state index is 0.0988. The third-order valence-corrected chi connectivity index (χ3v) is 3.15. The number of ketones is 1. The van der Waals surface area contributed by atoms with Crippen molar-refractivity contribution in [2.24, 2.45) is 0 Å². The zero-order valence-electron chi connectivity index (χ0n) is 9.79. The van der Waals surface area contributed by atoms with Gasteiger partial charge >= 0.3 is 0 Å². The number of halogens is 1. The molecule has 0 N–H and O–H groups in total. The Bertz CT molecular complexity index is 538. The number of hydrogen-bond donors (Lipinski definition) is 0. The van der Waals surface area contributed by atoms with Crippen LogP contribution in [-0.4, -0.2) is 5.78 Å². The van der Waals surface area contributed by atoms with Crippen molar-refractivity contribution < 1.29 is 9.21 Å². The van der Waals surface area contributed by atoms with Crippen LogP contribution in [0.4, 0.5) is 0 Å². The van der Waals surface area contributed by atoms with Crippen LogP contribution < -0.4 is 0 Å². The molecule has 3 heteroatoms. The van der Waals surface area contributed by atoms with Gasteiger partial charge < -0.3 is 4.42 Å². The van der Waals surface area contributed by atoms with E-state index in [1.165, 1.54) is 0 Å². The molecule has 88 valence electrons. The van der Waals surface area contributed by atoms with Crippen LogP contribution in [0, 0.1) is 13.8 Å². The summed E-state index contributed by atoms with van der Waals surface area (Å²) in [4.78, 5) is 12.1. The van der Waals surface area contributed by atoms with E-state index in [4.69, 9.17) is 4.42 Å². The van der Waals surface area contributed by atoms with Gasteiger partial charge in [-0.25, -0.2) is 0 Å². The largest absolute Gasteiger partial charge is 0.466 e. The van der Waals surface area contributed by atoms with Crippen LogP contribution in [-0.2, 0) is 6.42 Å². The molecule has 0 radical (unpaired) electrons. The monoisotopic (exact) mass is 292 g/mol. The van der Waals surface area contributed by atoms with Crippen molar-refractivity contribution in [3.05, 3.63) is 57.5 Å². The predicted molar refractivity (Wildman–Crippen MR) is 70.4 cm³/mol. The van der Waals surface area contributed by atoms with E-state index < -0.39 is 0 Å². The van der Waals surface area contributed by atoms with E-state index in [1.54, 1.807) is 6.07 Å². The highest BCUT2D eigenvalue weighted by Crippen LogP contribution is 2.17. The normalized spacial score (nSPS) is 10.5. The Morgan fingerprint density at radius 2 is 1.88 bits per heavy atom. The molecule has 0 saturated heterocycles. The molecule has 0 unspecified atom stereocenters. The van der Waals surface area contributed by atoms with Gasteiger partial charge in [-0.3, -0.25) is 4.79 Å². The summed E-state index contributed by atoms with van der Waals surface area (Å²) in [6.07, 6.45) is 0.410. The molecule has 0 saturated carbocycles. The van der Waals surface area contributed by atoms with E-state index in [0.29, 0.717) is 17.7 Å². The number of Topliss-reactive ketones (excluding diaryl/α,β-unsaturated/α-hetero) is 1. The summed E-state index contributed by atoms with van der Waals surface area (Å²) in [6.45, 7) is 3.67. The zero-order chi connectivity index (χ0) is 12.4. The van der Waals surface area contributed by atoms with Gasteiger partial charge in [0.15, 0.2) is 5.78 Å². The van der Waals surface area contributed by atoms with Gasteiger partial charge in [0.05, 0.1) is 5.56 Å². The second kappa shape index (κ2) is 4.88. The molecule has 1 aromatic heterocycles. The van der Waals surface area contributed by atoms with E-state index in [1.807, 2.05) is 38.1 Å². The van der Waals surface area contributed by atoms with Gasteiger partial charge in [-0.15, -0.1) is 0 Å². The first-order valence-corrected chi connectivity index (χ1v) is 6.20. The first kappa shape index (κ1) is 12.1. The molecule has 0 aliphatic carbocycles. The Morgan fingerprint density at radius 1 is 1.24 bits per heavy atom. The Balaban J connectivity index is 2.17. The van der Waals surface area contributed by atoms with E-state index in [2.05, 4.69) is 15.9 Å². The van der Waals surface area contributed by atoms with Gasteiger partial charge in [-0.2, -0.15) is 0 Å². The average molecular weight is 293 g/mol. The molecule has 2 nitrogen and oxygen atoms in total. The minimum atomic E-state index is 0.0988. The molecule has 2 aromatic rings. The van der Waals surface area contributed by atoms with Gasteiger partial charge in [-0.1, -0.05) is 28.1 Å². The first-order valence-electron chi connectivity index (χ1n) is 5.41. The van der Waals surface area contributed by atoms with Crippen molar-refractivity contribution in [2.45, 2.75) is 20.3 Å². The molecular formula is C14H13BrO2. The number of benzene rings is 1. The quantitative estimate of drug-likeness (QED) is 0.798. The van der Waals surface area contributed by atoms with Crippen molar-refractivity contribution in [3.63, 3.8) is 0 Å². The molecule has 0 aliphatic heterocycles. The molecule has 0 amide bonds. The smallest absolute Gasteiger partial charge is 0.170 e. The fourth-order valence-corrected chi connectivity index (χ4v) is 2.05. The van der Waals surface area contributed by atoms with Crippen molar-refractivity contribution in [3.8, 4) is 0 Å². The molecule has 1 heterocycles. The summed E-state index contributed by atoms with van der Waals surface area (Å²) in [6, 6.07) is 9.58. The van der Waals surface area contributed by atoms with Gasteiger partial charge in [0, 0.05) is 10.9 Å². The standard InChI is InChI=1S/C14H13BrO2/c1-9-7-13(10(2)17-9)14(16)8-11-3-5-12(15)6-4-11/h3-7H,8H2,1-2H3. The highest BCUT2D eigenvalue weighted by atomic mass is 79.9. The van der Waals surface area contributed by atoms with Crippen LogP contribution in [0.5, 0.6) is 0 Å². The number of aryl methyl sites for hydroxylation is 2. The predicted octanol–water partition coefficient (Wildman–Crippen LogP) is 4.08. The second-order valence-corrected chi connectivity index (χ2v) is 4.97. The maximum Gasteiger partial charge on any atom is 0.170 e. The van der Waals surface area contributed by atoms with Gasteiger partial charge in [0.2, 0.25) is 0 Å². The van der Waals surface area contributed by atoms with E-state index >= 15 is 0 Å². The van der Waals surface area contributed by atoms with Crippen LogP contribution in [0.2, 0.25) is 0 Å². The lowest BCUT2D eigenvalue weighted by Gasteiger charge is -2.00. The molecule has 0 fully saturated rings. The van der Waals surface area contributed by atoms with Gasteiger partial charge in [0.25, 0.3) is 0 Å². The summed E-state index contributed by atoms with van der Waals surface area (Å²) >= 11 is 3.37. The lowest BCUT2D eigenvalue weighted by molar-refractivity contribution is 0.0991. The number of rotatable bonds is 3. The van der Waals surface area contributed by atoms with Gasteiger partial charge in [-0.05, 0) is 37.6 Å². The number of hydrogen-bond acceptors (Lipinski definition) is 2. The van der Waals surface area contributed by atoms with Crippen molar-refractivity contribution >= 4 is 21.7 Å². The van der Waals surface area contributed by atoms with Crippen LogP contribution in [0.1, 0.15) is 27.4 Å². The summed E-state index contributed by atoms with van der Waals surface area (Å²) in [7, 11) is 0. The third kappa shape index (κ3) is 2.86. The lowest BCUT2D eigenvalue weighted by atomic mass is 10.0. The maximum atomic E-state index is 12.1. The number of carbonyl (C=O) groups is 1. The second-order valence-electron chi connectivity index (χ2n) is 4.05. The third-order valence-electron chi connectivity index (χ3n) is 2.62. The number of furan rings is 1. The van der Waals surface area contributed by atoms with Crippen molar-refractivity contribution in [1.29, 1.82) is 0 Å². The van der Waals surface area contributed by atoms with Crippen LogP contribution in [0.15, 0.2) is 39.2 Å². The summed E-state index contributed by atoms with van der Waals surface area (Å²) in [5.74, 6) is 1.58. The van der Waals surface area contributed by atoms with E-state index in [-0.39, 0.29) is 5.78 Å². The zero-order valence-corrected chi connectivity index (χ0v) is 11.4. The highest BCUT2D eigenvalue weighted by Gasteiger charge is 2.13. The van der Waals surface area contributed by atoms with Gasteiger partial charge in [0.1, 0.15) is 11.5 Å². The molecular weight excluding hydrogens is 280 g/mol. The van der Waals surface area contributed by atoms with Crippen LogP contribution in [0.3, 0.4) is 0 Å². The SMILES string of the molecule is Cc1cc(C(=O)Cc2ccc(Br)cc2)c(C)o1.